The monoisotopic (exact) mass is 262 g/mol. The van der Waals surface area contributed by atoms with Gasteiger partial charge in [0.25, 0.3) is 0 Å². The second kappa shape index (κ2) is 5.75. The topological polar surface area (TPSA) is 35.5 Å². The lowest BCUT2D eigenvalue weighted by Crippen LogP contribution is -2.20. The number of halogens is 3. The fourth-order valence-electron chi connectivity index (χ4n) is 1.42. The van der Waals surface area contributed by atoms with Crippen LogP contribution in [0.2, 0.25) is 0 Å². The zero-order valence-electron chi connectivity index (χ0n) is 9.95. The molecule has 0 amide bonds. The van der Waals surface area contributed by atoms with Crippen molar-refractivity contribution < 1.29 is 27.4 Å². The van der Waals surface area contributed by atoms with E-state index in [9.17, 15) is 18.0 Å². The normalized spacial score (nSPS) is 12.9. The predicted molar refractivity (Wildman–Crippen MR) is 58.5 cm³/mol. The minimum atomic E-state index is -4.77. The van der Waals surface area contributed by atoms with Crippen LogP contribution < -0.4 is 9.47 Å². The van der Waals surface area contributed by atoms with Gasteiger partial charge in [0.1, 0.15) is 11.9 Å². The molecule has 1 unspecified atom stereocenters. The summed E-state index contributed by atoms with van der Waals surface area (Å²) in [5.74, 6) is -0.555. The zero-order chi connectivity index (χ0) is 13.8. The maximum Gasteiger partial charge on any atom is 0.573 e. The molecule has 0 bridgehead atoms. The Morgan fingerprint density at radius 3 is 2.33 bits per heavy atom. The van der Waals surface area contributed by atoms with E-state index < -0.39 is 18.2 Å². The summed E-state index contributed by atoms with van der Waals surface area (Å²) in [5.41, 5.74) is 0. The lowest BCUT2D eigenvalue weighted by molar-refractivity contribution is -0.275. The molecular formula is C12H13F3O3. The van der Waals surface area contributed by atoms with Crippen LogP contribution in [0.4, 0.5) is 13.2 Å². The van der Waals surface area contributed by atoms with Crippen LogP contribution >= 0.6 is 0 Å². The van der Waals surface area contributed by atoms with E-state index in [2.05, 4.69) is 4.74 Å². The average Bonchev–Trinajstić information content (AvgIpc) is 2.17. The van der Waals surface area contributed by atoms with Gasteiger partial charge >= 0.3 is 6.36 Å². The highest BCUT2D eigenvalue weighted by molar-refractivity contribution is 5.75. The summed E-state index contributed by atoms with van der Waals surface area (Å²) in [5, 5.41) is 0. The summed E-state index contributed by atoms with van der Waals surface area (Å²) in [7, 11) is 0. The summed E-state index contributed by atoms with van der Waals surface area (Å²) in [6.45, 7) is 2.99. The van der Waals surface area contributed by atoms with Crippen molar-refractivity contribution in [1.29, 1.82) is 0 Å². The van der Waals surface area contributed by atoms with Gasteiger partial charge in [-0.25, -0.2) is 0 Å². The van der Waals surface area contributed by atoms with E-state index in [1.165, 1.54) is 25.1 Å². The van der Waals surface area contributed by atoms with Gasteiger partial charge in [-0.1, -0.05) is 12.1 Å². The summed E-state index contributed by atoms with van der Waals surface area (Å²) in [4.78, 5) is 10.9. The van der Waals surface area contributed by atoms with Crippen LogP contribution in [0.3, 0.4) is 0 Å². The fourth-order valence-corrected chi connectivity index (χ4v) is 1.42. The number of ketones is 1. The van der Waals surface area contributed by atoms with Crippen molar-refractivity contribution in [3.8, 4) is 11.5 Å². The maximum absolute atomic E-state index is 12.1. The molecule has 0 radical (unpaired) electrons. The molecule has 3 nitrogen and oxygen atoms in total. The SMILES string of the molecule is CC(=O)CC(C)Oc1ccccc1OC(F)(F)F. The lowest BCUT2D eigenvalue weighted by atomic mass is 10.2. The van der Waals surface area contributed by atoms with Gasteiger partial charge in [-0.2, -0.15) is 0 Å². The third kappa shape index (κ3) is 5.07. The molecule has 0 spiro atoms. The number of alkyl halides is 3. The van der Waals surface area contributed by atoms with Crippen molar-refractivity contribution in [2.45, 2.75) is 32.7 Å². The number of rotatable bonds is 5. The molecule has 0 heterocycles. The first-order valence-corrected chi connectivity index (χ1v) is 5.29. The number of hydrogen-bond donors (Lipinski definition) is 0. The number of benzene rings is 1. The largest absolute Gasteiger partial charge is 0.573 e. The first-order chi connectivity index (χ1) is 8.28. The van der Waals surface area contributed by atoms with E-state index >= 15 is 0 Å². The summed E-state index contributed by atoms with van der Waals surface area (Å²) >= 11 is 0. The highest BCUT2D eigenvalue weighted by atomic mass is 19.4. The van der Waals surface area contributed by atoms with Gasteiger partial charge in [0.2, 0.25) is 0 Å². The molecule has 1 rings (SSSR count). The summed E-state index contributed by atoms with van der Waals surface area (Å²) in [6.07, 6.45) is -5.16. The number of Topliss-reactive ketones (excluding diaryl/α,β-unsaturated/α-hetero) is 1. The molecule has 0 saturated heterocycles. The Kier molecular flexibility index (Phi) is 4.58. The van der Waals surface area contributed by atoms with Gasteiger partial charge in [0.15, 0.2) is 11.5 Å². The Morgan fingerprint density at radius 1 is 1.28 bits per heavy atom. The quantitative estimate of drug-likeness (QED) is 0.816. The molecule has 0 aliphatic carbocycles. The van der Waals surface area contributed by atoms with Crippen molar-refractivity contribution in [2.24, 2.45) is 0 Å². The van der Waals surface area contributed by atoms with Crippen LogP contribution in [0.25, 0.3) is 0 Å². The Hall–Kier alpha value is -1.72. The molecule has 0 N–H and O–H groups in total. The number of carbonyl (C=O) groups excluding carboxylic acids is 1. The van der Waals surface area contributed by atoms with Crippen molar-refractivity contribution in [3.05, 3.63) is 24.3 Å². The number of carbonyl (C=O) groups is 1. The van der Waals surface area contributed by atoms with Gasteiger partial charge in [-0.3, -0.25) is 4.79 Å². The van der Waals surface area contributed by atoms with Crippen LogP contribution in [0, 0.1) is 0 Å². The van der Waals surface area contributed by atoms with E-state index in [-0.39, 0.29) is 18.0 Å². The first-order valence-electron chi connectivity index (χ1n) is 5.29. The van der Waals surface area contributed by atoms with E-state index in [1.54, 1.807) is 6.92 Å². The summed E-state index contributed by atoms with van der Waals surface area (Å²) < 4.78 is 45.5. The second-order valence-electron chi connectivity index (χ2n) is 3.83. The Labute approximate surface area is 103 Å². The van der Waals surface area contributed by atoms with Gasteiger partial charge in [-0.15, -0.1) is 13.2 Å². The van der Waals surface area contributed by atoms with Crippen molar-refractivity contribution in [2.75, 3.05) is 0 Å². The van der Waals surface area contributed by atoms with E-state index in [0.717, 1.165) is 6.07 Å². The Balaban J connectivity index is 2.79. The third-order valence-corrected chi connectivity index (χ3v) is 1.98. The smallest absolute Gasteiger partial charge is 0.486 e. The molecule has 0 aromatic heterocycles. The molecule has 0 aliphatic rings. The molecule has 0 fully saturated rings. The minimum Gasteiger partial charge on any atom is -0.486 e. The van der Waals surface area contributed by atoms with E-state index in [0.29, 0.717) is 0 Å². The standard InChI is InChI=1S/C12H13F3O3/c1-8(16)7-9(2)17-10-5-3-4-6-11(10)18-12(13,14)15/h3-6,9H,7H2,1-2H3. The summed E-state index contributed by atoms with van der Waals surface area (Å²) in [6, 6.07) is 5.45. The van der Waals surface area contributed by atoms with E-state index in [1.807, 2.05) is 0 Å². The zero-order valence-corrected chi connectivity index (χ0v) is 9.95. The third-order valence-electron chi connectivity index (χ3n) is 1.98. The second-order valence-corrected chi connectivity index (χ2v) is 3.83. The molecule has 0 saturated carbocycles. The Bertz CT molecular complexity index is 415. The van der Waals surface area contributed by atoms with Gasteiger partial charge in [0, 0.05) is 6.42 Å². The highest BCUT2D eigenvalue weighted by Crippen LogP contribution is 2.32. The lowest BCUT2D eigenvalue weighted by Gasteiger charge is -2.17. The minimum absolute atomic E-state index is 0.0384. The van der Waals surface area contributed by atoms with Crippen LogP contribution in [0.15, 0.2) is 24.3 Å². The van der Waals surface area contributed by atoms with Gasteiger partial charge < -0.3 is 9.47 Å². The molecular weight excluding hydrogens is 249 g/mol. The molecule has 6 heteroatoms. The van der Waals surface area contributed by atoms with Crippen LogP contribution in [0.1, 0.15) is 20.3 Å². The molecule has 1 atom stereocenters. The number of para-hydroxylation sites is 2. The first kappa shape index (κ1) is 14.3. The molecule has 1 aromatic rings. The molecule has 0 aliphatic heterocycles. The van der Waals surface area contributed by atoms with Gasteiger partial charge in [-0.05, 0) is 26.0 Å². The number of ether oxygens (including phenoxy) is 2. The fraction of sp³-hybridized carbons (Fsp3) is 0.417. The highest BCUT2D eigenvalue weighted by Gasteiger charge is 2.32. The number of hydrogen-bond acceptors (Lipinski definition) is 3. The molecule has 100 valence electrons. The van der Waals surface area contributed by atoms with Crippen LogP contribution in [0.5, 0.6) is 11.5 Å². The van der Waals surface area contributed by atoms with Crippen LogP contribution in [-0.2, 0) is 4.79 Å². The van der Waals surface area contributed by atoms with Crippen molar-refractivity contribution in [3.63, 3.8) is 0 Å². The van der Waals surface area contributed by atoms with Gasteiger partial charge in [0.05, 0.1) is 0 Å². The molecule has 1 aromatic carbocycles. The van der Waals surface area contributed by atoms with Crippen molar-refractivity contribution in [1.82, 2.24) is 0 Å². The average molecular weight is 262 g/mol. The Morgan fingerprint density at radius 2 is 1.83 bits per heavy atom. The van der Waals surface area contributed by atoms with Crippen LogP contribution in [-0.4, -0.2) is 18.2 Å². The van der Waals surface area contributed by atoms with Crippen molar-refractivity contribution >= 4 is 5.78 Å². The maximum atomic E-state index is 12.1. The molecule has 18 heavy (non-hydrogen) atoms. The predicted octanol–water partition coefficient (Wildman–Crippen LogP) is 3.33. The van der Waals surface area contributed by atoms with E-state index in [4.69, 9.17) is 4.74 Å².